The van der Waals surface area contributed by atoms with E-state index in [1.165, 1.54) is 22.2 Å². The van der Waals surface area contributed by atoms with Gasteiger partial charge >= 0.3 is 0 Å². The molecule has 0 spiro atoms. The van der Waals surface area contributed by atoms with E-state index in [1.807, 2.05) is 41.7 Å². The fourth-order valence-electron chi connectivity index (χ4n) is 5.40. The van der Waals surface area contributed by atoms with Gasteiger partial charge in [-0.1, -0.05) is 18.2 Å². The fraction of sp³-hybridized carbons (Fsp3) is 0.500. The van der Waals surface area contributed by atoms with Crippen LogP contribution < -0.4 is 10.2 Å². The van der Waals surface area contributed by atoms with Gasteiger partial charge in [0.2, 0.25) is 5.91 Å². The maximum Gasteiger partial charge on any atom is 0.227 e. The molecule has 1 aliphatic carbocycles. The molecule has 3 aromatic rings. The molecule has 3 aliphatic rings. The zero-order valence-corrected chi connectivity index (χ0v) is 20.3. The minimum absolute atomic E-state index is 0.0368. The van der Waals surface area contributed by atoms with Crippen molar-refractivity contribution in [3.63, 3.8) is 0 Å². The molecule has 2 aromatic heterocycles. The van der Waals surface area contributed by atoms with E-state index in [0.29, 0.717) is 0 Å². The van der Waals surface area contributed by atoms with Gasteiger partial charge in [0.15, 0.2) is 0 Å². The smallest absolute Gasteiger partial charge is 0.227 e. The quantitative estimate of drug-likeness (QED) is 0.602. The van der Waals surface area contributed by atoms with Crippen molar-refractivity contribution in [3.05, 3.63) is 46.6 Å². The van der Waals surface area contributed by atoms with E-state index in [9.17, 15) is 4.79 Å². The number of carbonyl (C=O) groups is 1. The topological polar surface area (TPSA) is 70.6 Å². The molecular formula is C26H31N5O2S. The first-order chi connectivity index (χ1) is 16.7. The van der Waals surface area contributed by atoms with E-state index in [1.54, 1.807) is 0 Å². The summed E-state index contributed by atoms with van der Waals surface area (Å²) in [6, 6.07) is 9.75. The van der Waals surface area contributed by atoms with Crippen molar-refractivity contribution in [2.75, 3.05) is 49.6 Å². The molecule has 2 fully saturated rings. The molecule has 6 rings (SSSR count). The van der Waals surface area contributed by atoms with Crippen LogP contribution >= 0.6 is 11.3 Å². The van der Waals surface area contributed by atoms with Crippen LogP contribution in [0.2, 0.25) is 0 Å². The summed E-state index contributed by atoms with van der Waals surface area (Å²) in [5.74, 6) is 2.17. The third kappa shape index (κ3) is 4.42. The summed E-state index contributed by atoms with van der Waals surface area (Å²) < 4.78 is 5.51. The summed E-state index contributed by atoms with van der Waals surface area (Å²) in [5.41, 5.74) is 2.34. The summed E-state index contributed by atoms with van der Waals surface area (Å²) in [6.45, 7) is 5.88. The zero-order valence-electron chi connectivity index (χ0n) is 19.5. The van der Waals surface area contributed by atoms with Crippen LogP contribution in [0.15, 0.2) is 30.3 Å². The van der Waals surface area contributed by atoms with Crippen LogP contribution in [0.3, 0.4) is 0 Å². The Labute approximate surface area is 204 Å². The monoisotopic (exact) mass is 477 g/mol. The highest BCUT2D eigenvalue weighted by Gasteiger charge is 2.30. The molecule has 2 aliphatic heterocycles. The van der Waals surface area contributed by atoms with E-state index < -0.39 is 0 Å². The van der Waals surface area contributed by atoms with E-state index >= 15 is 0 Å². The van der Waals surface area contributed by atoms with Crippen LogP contribution in [0.25, 0.3) is 10.2 Å². The molecule has 34 heavy (non-hydrogen) atoms. The normalized spacial score (nSPS) is 19.5. The number of amides is 1. The Kier molecular flexibility index (Phi) is 6.20. The number of nitrogens with zero attached hydrogens (tertiary/aromatic N) is 4. The first-order valence-electron chi connectivity index (χ1n) is 12.5. The average Bonchev–Trinajstić information content (AvgIpc) is 3.46. The third-order valence-electron chi connectivity index (χ3n) is 7.27. The van der Waals surface area contributed by atoms with Gasteiger partial charge in [0.25, 0.3) is 0 Å². The predicted octanol–water partition coefficient (Wildman–Crippen LogP) is 3.87. The molecule has 1 amide bonds. The van der Waals surface area contributed by atoms with Gasteiger partial charge in [0.1, 0.15) is 16.5 Å². The Morgan fingerprint density at radius 1 is 1.06 bits per heavy atom. The number of nitrogens with one attached hydrogen (secondary N) is 1. The number of fused-ring (bicyclic) bond motifs is 3. The molecule has 8 heteroatoms. The van der Waals surface area contributed by atoms with Crippen LogP contribution in [-0.4, -0.2) is 60.2 Å². The zero-order chi connectivity index (χ0) is 22.9. The Bertz CT molecular complexity index is 1170. The molecule has 0 unspecified atom stereocenters. The Morgan fingerprint density at radius 3 is 2.65 bits per heavy atom. The molecule has 0 saturated carbocycles. The molecule has 1 aromatic carbocycles. The Morgan fingerprint density at radius 2 is 1.85 bits per heavy atom. The van der Waals surface area contributed by atoms with Crippen molar-refractivity contribution in [1.29, 1.82) is 0 Å². The van der Waals surface area contributed by atoms with Crippen LogP contribution in [0.1, 0.15) is 35.5 Å². The second kappa shape index (κ2) is 9.60. The minimum Gasteiger partial charge on any atom is -0.379 e. The lowest BCUT2D eigenvalue weighted by molar-refractivity contribution is -0.120. The minimum atomic E-state index is 0.0368. The highest BCUT2D eigenvalue weighted by atomic mass is 32.1. The first-order valence-corrected chi connectivity index (χ1v) is 13.3. The van der Waals surface area contributed by atoms with E-state index in [0.717, 1.165) is 93.8 Å². The predicted molar refractivity (Wildman–Crippen MR) is 136 cm³/mol. The largest absolute Gasteiger partial charge is 0.379 e. The van der Waals surface area contributed by atoms with Gasteiger partial charge < -0.3 is 15.0 Å². The van der Waals surface area contributed by atoms with E-state index in [2.05, 4.69) is 15.1 Å². The van der Waals surface area contributed by atoms with Gasteiger partial charge in [-0.15, -0.1) is 11.3 Å². The summed E-state index contributed by atoms with van der Waals surface area (Å²) >= 11 is 1.86. The van der Waals surface area contributed by atoms with Gasteiger partial charge in [0, 0.05) is 42.7 Å². The molecule has 7 nitrogen and oxygen atoms in total. The van der Waals surface area contributed by atoms with Crippen LogP contribution in [0.5, 0.6) is 0 Å². The SMILES string of the molecule is O=C(Nc1ccccc1)C1CCN(c2nc(CN3CCOCC3)nc3sc4c(c23)CCC4)CC1. The number of piperidine rings is 1. The molecule has 1 N–H and O–H groups in total. The van der Waals surface area contributed by atoms with Crippen molar-refractivity contribution in [1.82, 2.24) is 14.9 Å². The summed E-state index contributed by atoms with van der Waals surface area (Å²) in [7, 11) is 0. The average molecular weight is 478 g/mol. The van der Waals surface area contributed by atoms with Crippen molar-refractivity contribution in [3.8, 4) is 0 Å². The molecule has 0 radical (unpaired) electrons. The third-order valence-corrected chi connectivity index (χ3v) is 8.45. The molecule has 0 atom stereocenters. The number of anilines is 2. The first kappa shape index (κ1) is 21.9. The van der Waals surface area contributed by atoms with Gasteiger partial charge in [0.05, 0.1) is 25.1 Å². The van der Waals surface area contributed by atoms with Gasteiger partial charge in [-0.3, -0.25) is 9.69 Å². The summed E-state index contributed by atoms with van der Waals surface area (Å²) in [4.78, 5) is 30.4. The molecule has 0 bridgehead atoms. The Balaban J connectivity index is 1.22. The van der Waals surface area contributed by atoms with Gasteiger partial charge in [-0.2, -0.15) is 0 Å². The number of ether oxygens (including phenoxy) is 1. The number of aromatic nitrogens is 2. The highest BCUT2D eigenvalue weighted by molar-refractivity contribution is 7.19. The lowest BCUT2D eigenvalue weighted by atomic mass is 9.95. The van der Waals surface area contributed by atoms with Gasteiger partial charge in [-0.25, -0.2) is 9.97 Å². The van der Waals surface area contributed by atoms with Crippen LogP contribution in [0.4, 0.5) is 11.5 Å². The van der Waals surface area contributed by atoms with Crippen molar-refractivity contribution < 1.29 is 9.53 Å². The number of thiophene rings is 1. The number of para-hydroxylation sites is 1. The van der Waals surface area contributed by atoms with E-state index in [4.69, 9.17) is 14.7 Å². The second-order valence-corrected chi connectivity index (χ2v) is 10.6. The van der Waals surface area contributed by atoms with Gasteiger partial charge in [-0.05, 0) is 49.8 Å². The Hall–Kier alpha value is -2.55. The van der Waals surface area contributed by atoms with Crippen LogP contribution in [-0.2, 0) is 28.9 Å². The molecule has 4 heterocycles. The van der Waals surface area contributed by atoms with Crippen molar-refractivity contribution in [2.45, 2.75) is 38.6 Å². The number of morpholine rings is 1. The highest BCUT2D eigenvalue weighted by Crippen LogP contribution is 2.41. The summed E-state index contributed by atoms with van der Waals surface area (Å²) in [6.07, 6.45) is 5.21. The standard InChI is InChI=1S/C26H31N5O2S/c32-25(27-19-5-2-1-3-6-19)18-9-11-31(12-10-18)24-23-20-7-4-8-21(20)34-26(23)29-22(28-24)17-30-13-15-33-16-14-30/h1-3,5-6,18H,4,7-17H2,(H,27,32). The number of hydrogen-bond acceptors (Lipinski definition) is 7. The fourth-order valence-corrected chi connectivity index (χ4v) is 6.67. The number of rotatable bonds is 5. The number of hydrogen-bond donors (Lipinski definition) is 1. The molecule has 2 saturated heterocycles. The van der Waals surface area contributed by atoms with E-state index in [-0.39, 0.29) is 11.8 Å². The van der Waals surface area contributed by atoms with Crippen molar-refractivity contribution >= 4 is 39.0 Å². The van der Waals surface area contributed by atoms with Crippen LogP contribution in [0, 0.1) is 5.92 Å². The second-order valence-electron chi connectivity index (χ2n) is 9.51. The molecule has 178 valence electrons. The molecular weight excluding hydrogens is 446 g/mol. The number of carbonyl (C=O) groups excluding carboxylic acids is 1. The number of aryl methyl sites for hydroxylation is 2. The maximum atomic E-state index is 12.8. The maximum absolute atomic E-state index is 12.8. The summed E-state index contributed by atoms with van der Waals surface area (Å²) in [5, 5.41) is 4.36. The lowest BCUT2D eigenvalue weighted by Gasteiger charge is -2.33. The lowest BCUT2D eigenvalue weighted by Crippen LogP contribution is -2.39. The number of benzene rings is 1. The van der Waals surface area contributed by atoms with Crippen molar-refractivity contribution in [2.24, 2.45) is 5.92 Å².